The highest BCUT2D eigenvalue weighted by Gasteiger charge is 2.25. The van der Waals surface area contributed by atoms with Crippen molar-refractivity contribution in [3.63, 3.8) is 0 Å². The molecular formula is C10H21N. The van der Waals surface area contributed by atoms with E-state index in [1.807, 2.05) is 0 Å². The summed E-state index contributed by atoms with van der Waals surface area (Å²) in [5.74, 6) is 2.87. The van der Waals surface area contributed by atoms with E-state index in [9.17, 15) is 0 Å². The third kappa shape index (κ3) is 2.48. The largest absolute Gasteiger partial charge is 0.319 e. The summed E-state index contributed by atoms with van der Waals surface area (Å²) in [7, 11) is 2.06. The van der Waals surface area contributed by atoms with Crippen LogP contribution in [0.5, 0.6) is 0 Å². The second kappa shape index (κ2) is 4.10. The third-order valence-corrected chi connectivity index (χ3v) is 3.02. The highest BCUT2D eigenvalue weighted by Crippen LogP contribution is 2.34. The van der Waals surface area contributed by atoms with E-state index in [2.05, 4.69) is 26.2 Å². The van der Waals surface area contributed by atoms with E-state index in [1.165, 1.54) is 25.8 Å². The quantitative estimate of drug-likeness (QED) is 0.659. The molecule has 0 saturated heterocycles. The molecule has 0 spiro atoms. The monoisotopic (exact) mass is 155 g/mol. The second-order valence-electron chi connectivity index (χ2n) is 4.24. The maximum atomic E-state index is 3.27. The SMILES string of the molecule is CNC[C@@H]1CC[C@H](C(C)C)C1. The summed E-state index contributed by atoms with van der Waals surface area (Å²) in [5.41, 5.74) is 0. The average Bonchev–Trinajstić information content (AvgIpc) is 2.37. The summed E-state index contributed by atoms with van der Waals surface area (Å²) in [6.07, 6.45) is 4.37. The van der Waals surface area contributed by atoms with Gasteiger partial charge in [0.15, 0.2) is 0 Å². The van der Waals surface area contributed by atoms with Crippen LogP contribution >= 0.6 is 0 Å². The molecule has 0 radical (unpaired) electrons. The first-order valence-corrected chi connectivity index (χ1v) is 4.88. The minimum Gasteiger partial charge on any atom is -0.319 e. The molecule has 0 aromatic heterocycles. The first-order chi connectivity index (χ1) is 5.24. The van der Waals surface area contributed by atoms with E-state index in [0.717, 1.165) is 17.8 Å². The molecule has 1 N–H and O–H groups in total. The van der Waals surface area contributed by atoms with Gasteiger partial charge in [-0.15, -0.1) is 0 Å². The average molecular weight is 155 g/mol. The Bertz CT molecular complexity index is 109. The Morgan fingerprint density at radius 1 is 1.36 bits per heavy atom. The van der Waals surface area contributed by atoms with Crippen LogP contribution in [0.15, 0.2) is 0 Å². The van der Waals surface area contributed by atoms with Gasteiger partial charge in [0.2, 0.25) is 0 Å². The Morgan fingerprint density at radius 2 is 2.09 bits per heavy atom. The maximum absolute atomic E-state index is 3.27. The predicted molar refractivity (Wildman–Crippen MR) is 49.6 cm³/mol. The van der Waals surface area contributed by atoms with Crippen molar-refractivity contribution in [1.29, 1.82) is 0 Å². The second-order valence-corrected chi connectivity index (χ2v) is 4.24. The minimum absolute atomic E-state index is 0.900. The number of hydrogen-bond acceptors (Lipinski definition) is 1. The van der Waals surface area contributed by atoms with Crippen LogP contribution in [0.1, 0.15) is 33.1 Å². The van der Waals surface area contributed by atoms with E-state index in [-0.39, 0.29) is 0 Å². The van der Waals surface area contributed by atoms with Gasteiger partial charge in [-0.05, 0) is 50.6 Å². The maximum Gasteiger partial charge on any atom is -0.00234 e. The zero-order chi connectivity index (χ0) is 8.27. The molecule has 0 amide bonds. The van der Waals surface area contributed by atoms with Gasteiger partial charge in [-0.25, -0.2) is 0 Å². The summed E-state index contributed by atoms with van der Waals surface area (Å²) in [6.45, 7) is 5.93. The van der Waals surface area contributed by atoms with Gasteiger partial charge in [0.05, 0.1) is 0 Å². The summed E-state index contributed by atoms with van der Waals surface area (Å²) < 4.78 is 0. The predicted octanol–water partition coefficient (Wildman–Crippen LogP) is 2.28. The van der Waals surface area contributed by atoms with Crippen LogP contribution in [0.25, 0.3) is 0 Å². The fourth-order valence-electron chi connectivity index (χ4n) is 2.19. The topological polar surface area (TPSA) is 12.0 Å². The number of rotatable bonds is 3. The van der Waals surface area contributed by atoms with Crippen molar-refractivity contribution in [3.05, 3.63) is 0 Å². The smallest absolute Gasteiger partial charge is 0.00234 e. The van der Waals surface area contributed by atoms with E-state index in [0.29, 0.717) is 0 Å². The van der Waals surface area contributed by atoms with Gasteiger partial charge in [-0.1, -0.05) is 13.8 Å². The van der Waals surface area contributed by atoms with Gasteiger partial charge in [0.25, 0.3) is 0 Å². The van der Waals surface area contributed by atoms with Gasteiger partial charge in [0, 0.05) is 0 Å². The number of hydrogen-bond donors (Lipinski definition) is 1. The van der Waals surface area contributed by atoms with Crippen LogP contribution < -0.4 is 5.32 Å². The molecule has 0 aliphatic heterocycles. The van der Waals surface area contributed by atoms with Crippen LogP contribution in [-0.4, -0.2) is 13.6 Å². The van der Waals surface area contributed by atoms with Gasteiger partial charge >= 0.3 is 0 Å². The van der Waals surface area contributed by atoms with E-state index >= 15 is 0 Å². The van der Waals surface area contributed by atoms with Crippen LogP contribution in [0.4, 0.5) is 0 Å². The van der Waals surface area contributed by atoms with Crippen molar-refractivity contribution in [2.24, 2.45) is 17.8 Å². The summed E-state index contributed by atoms with van der Waals surface area (Å²) in [4.78, 5) is 0. The van der Waals surface area contributed by atoms with Gasteiger partial charge in [-0.2, -0.15) is 0 Å². The van der Waals surface area contributed by atoms with Crippen molar-refractivity contribution < 1.29 is 0 Å². The molecule has 0 unspecified atom stereocenters. The zero-order valence-electron chi connectivity index (χ0n) is 8.06. The molecule has 66 valence electrons. The molecule has 1 aliphatic rings. The zero-order valence-corrected chi connectivity index (χ0v) is 8.06. The van der Waals surface area contributed by atoms with E-state index < -0.39 is 0 Å². The molecule has 0 aromatic rings. The summed E-state index contributed by atoms with van der Waals surface area (Å²) in [6, 6.07) is 0. The standard InChI is InChI=1S/C10H21N/c1-8(2)10-5-4-9(6-10)7-11-3/h8-11H,4-7H2,1-3H3/t9-,10+/m1/s1. The fraction of sp³-hybridized carbons (Fsp3) is 1.00. The molecule has 0 heterocycles. The van der Waals surface area contributed by atoms with Crippen molar-refractivity contribution in [1.82, 2.24) is 5.32 Å². The number of nitrogens with one attached hydrogen (secondary N) is 1. The van der Waals surface area contributed by atoms with Gasteiger partial charge in [0.1, 0.15) is 0 Å². The fourth-order valence-corrected chi connectivity index (χ4v) is 2.19. The Hall–Kier alpha value is -0.0400. The highest BCUT2D eigenvalue weighted by atomic mass is 14.8. The lowest BCUT2D eigenvalue weighted by Gasteiger charge is -2.14. The third-order valence-electron chi connectivity index (χ3n) is 3.02. The first-order valence-electron chi connectivity index (χ1n) is 4.88. The highest BCUT2D eigenvalue weighted by molar-refractivity contribution is 4.78. The molecule has 0 bridgehead atoms. The van der Waals surface area contributed by atoms with Gasteiger partial charge < -0.3 is 5.32 Å². The minimum atomic E-state index is 0.900. The Balaban J connectivity index is 2.23. The van der Waals surface area contributed by atoms with Crippen LogP contribution in [0.2, 0.25) is 0 Å². The van der Waals surface area contributed by atoms with Crippen LogP contribution in [0.3, 0.4) is 0 Å². The van der Waals surface area contributed by atoms with E-state index in [1.54, 1.807) is 0 Å². The molecule has 1 rings (SSSR count). The van der Waals surface area contributed by atoms with E-state index in [4.69, 9.17) is 0 Å². The van der Waals surface area contributed by atoms with Crippen molar-refractivity contribution in [3.8, 4) is 0 Å². The lowest BCUT2D eigenvalue weighted by atomic mass is 9.93. The Morgan fingerprint density at radius 3 is 2.55 bits per heavy atom. The molecule has 1 fully saturated rings. The van der Waals surface area contributed by atoms with Crippen LogP contribution in [0, 0.1) is 17.8 Å². The lowest BCUT2D eigenvalue weighted by Crippen LogP contribution is -2.16. The molecule has 1 aliphatic carbocycles. The Kier molecular flexibility index (Phi) is 3.38. The van der Waals surface area contributed by atoms with Crippen LogP contribution in [-0.2, 0) is 0 Å². The molecule has 0 aromatic carbocycles. The molecular weight excluding hydrogens is 134 g/mol. The van der Waals surface area contributed by atoms with Crippen molar-refractivity contribution >= 4 is 0 Å². The normalized spacial score (nSPS) is 31.6. The Labute approximate surface area is 70.6 Å². The molecule has 11 heavy (non-hydrogen) atoms. The van der Waals surface area contributed by atoms with Gasteiger partial charge in [-0.3, -0.25) is 0 Å². The summed E-state index contributed by atoms with van der Waals surface area (Å²) in [5, 5.41) is 3.27. The lowest BCUT2D eigenvalue weighted by molar-refractivity contribution is 0.376. The van der Waals surface area contributed by atoms with Crippen molar-refractivity contribution in [2.45, 2.75) is 33.1 Å². The summed E-state index contributed by atoms with van der Waals surface area (Å²) >= 11 is 0. The molecule has 1 heteroatoms. The molecule has 1 saturated carbocycles. The molecule has 2 atom stereocenters. The van der Waals surface area contributed by atoms with Crippen molar-refractivity contribution in [2.75, 3.05) is 13.6 Å². The first kappa shape index (κ1) is 9.05. The molecule has 1 nitrogen and oxygen atoms in total.